The summed E-state index contributed by atoms with van der Waals surface area (Å²) in [7, 11) is 0. The molecule has 62 valence electrons. The first kappa shape index (κ1) is 7.93. The van der Waals surface area contributed by atoms with E-state index in [0.29, 0.717) is 0 Å². The average Bonchev–Trinajstić information content (AvgIpc) is 2.05. The highest BCUT2D eigenvalue weighted by atomic mass is 32.2. The van der Waals surface area contributed by atoms with Gasteiger partial charge in [0.1, 0.15) is 0 Å². The molecule has 0 aliphatic carbocycles. The predicted molar refractivity (Wildman–Crippen MR) is 54.7 cm³/mol. The topological polar surface area (TPSA) is 0 Å². The highest BCUT2D eigenvalue weighted by Gasteiger charge is 2.11. The minimum Gasteiger partial charge on any atom is -0.121 e. The predicted octanol–water partition coefficient (Wildman–Crippen LogP) is 3.20. The van der Waals surface area contributed by atoms with Crippen LogP contribution in [0.1, 0.15) is 11.1 Å². The van der Waals surface area contributed by atoms with E-state index in [-0.39, 0.29) is 0 Å². The van der Waals surface area contributed by atoms with E-state index >= 15 is 0 Å². The summed E-state index contributed by atoms with van der Waals surface area (Å²) in [5.41, 5.74) is 4.15. The minimum atomic E-state index is 1.07. The third kappa shape index (κ3) is 1.42. The second kappa shape index (κ2) is 2.98. The molecule has 12 heavy (non-hydrogen) atoms. The summed E-state index contributed by atoms with van der Waals surface area (Å²) < 4.78 is 0. The summed E-state index contributed by atoms with van der Waals surface area (Å²) in [6.07, 6.45) is 1.07. The maximum Gasteiger partial charge on any atom is 0.0191 e. The van der Waals surface area contributed by atoms with Gasteiger partial charge in [0, 0.05) is 10.6 Å². The Kier molecular flexibility index (Phi) is 1.97. The number of thioether (sulfide) groups is 1. The maximum atomic E-state index is 4.01. The van der Waals surface area contributed by atoms with Crippen LogP contribution in [-0.2, 0) is 6.42 Å². The van der Waals surface area contributed by atoms with Crippen LogP contribution in [-0.4, -0.2) is 5.75 Å². The van der Waals surface area contributed by atoms with Gasteiger partial charge in [-0.05, 0) is 25.0 Å². The maximum absolute atomic E-state index is 4.01. The molecule has 0 aromatic heterocycles. The molecule has 0 bridgehead atoms. The van der Waals surface area contributed by atoms with Crippen LogP contribution in [0.2, 0.25) is 0 Å². The number of hydrogen-bond acceptors (Lipinski definition) is 1. The highest BCUT2D eigenvalue weighted by molar-refractivity contribution is 7.99. The van der Waals surface area contributed by atoms with E-state index < -0.39 is 0 Å². The fraction of sp³-hybridized carbons (Fsp3) is 0.273. The molecule has 0 saturated carbocycles. The molecule has 0 unspecified atom stereocenters. The van der Waals surface area contributed by atoms with Gasteiger partial charge in [0.15, 0.2) is 0 Å². The van der Waals surface area contributed by atoms with Gasteiger partial charge >= 0.3 is 0 Å². The minimum absolute atomic E-state index is 1.07. The van der Waals surface area contributed by atoms with Gasteiger partial charge in [-0.2, -0.15) is 0 Å². The third-order valence-corrected chi connectivity index (χ3v) is 3.34. The lowest BCUT2D eigenvalue weighted by molar-refractivity contribution is 1.07. The molecule has 1 aromatic rings. The first-order valence-corrected chi connectivity index (χ1v) is 5.13. The van der Waals surface area contributed by atoms with Crippen molar-refractivity contribution in [2.75, 3.05) is 5.75 Å². The number of fused-ring (bicyclic) bond motifs is 1. The number of rotatable bonds is 0. The zero-order valence-corrected chi connectivity index (χ0v) is 8.08. The lowest BCUT2D eigenvalue weighted by Gasteiger charge is -2.17. The molecule has 1 heterocycles. The summed E-state index contributed by atoms with van der Waals surface area (Å²) in [6.45, 7) is 6.16. The van der Waals surface area contributed by atoms with Crippen molar-refractivity contribution in [3.63, 3.8) is 0 Å². The molecule has 0 saturated heterocycles. The molecule has 0 amide bonds. The summed E-state index contributed by atoms with van der Waals surface area (Å²) >= 11 is 1.91. The number of benzene rings is 1. The Morgan fingerprint density at radius 3 is 3.08 bits per heavy atom. The van der Waals surface area contributed by atoms with Gasteiger partial charge in [0.05, 0.1) is 0 Å². The van der Waals surface area contributed by atoms with Crippen molar-refractivity contribution in [2.45, 2.75) is 18.2 Å². The van der Waals surface area contributed by atoms with Crippen molar-refractivity contribution >= 4 is 11.8 Å². The second-order valence-corrected chi connectivity index (χ2v) is 4.34. The Bertz CT molecular complexity index is 326. The van der Waals surface area contributed by atoms with E-state index in [1.54, 1.807) is 0 Å². The fourth-order valence-corrected chi connectivity index (χ4v) is 2.50. The van der Waals surface area contributed by atoms with E-state index in [1.165, 1.54) is 21.6 Å². The molecule has 1 aliphatic rings. The lowest BCUT2D eigenvalue weighted by Crippen LogP contribution is -2.01. The van der Waals surface area contributed by atoms with E-state index in [2.05, 4.69) is 31.7 Å². The largest absolute Gasteiger partial charge is 0.121 e. The van der Waals surface area contributed by atoms with Crippen LogP contribution >= 0.6 is 11.8 Å². The molecule has 1 heteroatoms. The smallest absolute Gasteiger partial charge is 0.0191 e. The molecule has 0 nitrogen and oxygen atoms in total. The molecular weight excluding hydrogens is 164 g/mol. The van der Waals surface area contributed by atoms with Crippen molar-refractivity contribution in [3.8, 4) is 0 Å². The van der Waals surface area contributed by atoms with Gasteiger partial charge in [-0.3, -0.25) is 0 Å². The van der Waals surface area contributed by atoms with Crippen LogP contribution in [0, 0.1) is 6.92 Å². The fourth-order valence-electron chi connectivity index (χ4n) is 1.44. The summed E-state index contributed by atoms with van der Waals surface area (Å²) in [4.78, 5) is 1.45. The zero-order valence-electron chi connectivity index (χ0n) is 7.26. The molecule has 0 spiro atoms. The van der Waals surface area contributed by atoms with E-state index in [4.69, 9.17) is 0 Å². The molecular formula is C11H12S. The van der Waals surface area contributed by atoms with Gasteiger partial charge in [-0.1, -0.05) is 29.8 Å². The van der Waals surface area contributed by atoms with Crippen molar-refractivity contribution in [3.05, 3.63) is 41.5 Å². The molecule has 1 aliphatic heterocycles. The van der Waals surface area contributed by atoms with Gasteiger partial charge in [0.25, 0.3) is 0 Å². The van der Waals surface area contributed by atoms with Crippen LogP contribution < -0.4 is 0 Å². The first-order chi connectivity index (χ1) is 5.75. The summed E-state index contributed by atoms with van der Waals surface area (Å²) in [6, 6.07) is 6.67. The monoisotopic (exact) mass is 176 g/mol. The van der Waals surface area contributed by atoms with Crippen molar-refractivity contribution < 1.29 is 0 Å². The van der Waals surface area contributed by atoms with Crippen LogP contribution in [0.3, 0.4) is 0 Å². The normalized spacial score (nSPS) is 15.9. The van der Waals surface area contributed by atoms with E-state index in [1.807, 2.05) is 11.8 Å². The Labute approximate surface area is 77.7 Å². The summed E-state index contributed by atoms with van der Waals surface area (Å²) in [5.74, 6) is 1.09. The van der Waals surface area contributed by atoms with Crippen LogP contribution in [0.5, 0.6) is 0 Å². The SMILES string of the molecule is C=C1CSc2cc(C)ccc2C1. The lowest BCUT2D eigenvalue weighted by atomic mass is 10.1. The van der Waals surface area contributed by atoms with Gasteiger partial charge in [-0.25, -0.2) is 0 Å². The number of aryl methyl sites for hydroxylation is 1. The molecule has 1 aromatic carbocycles. The third-order valence-electron chi connectivity index (χ3n) is 2.09. The van der Waals surface area contributed by atoms with Crippen molar-refractivity contribution in [1.29, 1.82) is 0 Å². The molecule has 0 atom stereocenters. The van der Waals surface area contributed by atoms with Crippen LogP contribution in [0.25, 0.3) is 0 Å². The van der Waals surface area contributed by atoms with Crippen molar-refractivity contribution in [1.82, 2.24) is 0 Å². The zero-order chi connectivity index (χ0) is 8.55. The number of hydrogen-bond donors (Lipinski definition) is 0. The van der Waals surface area contributed by atoms with E-state index in [0.717, 1.165) is 12.2 Å². The summed E-state index contributed by atoms with van der Waals surface area (Å²) in [5, 5.41) is 0. The van der Waals surface area contributed by atoms with Gasteiger partial charge < -0.3 is 0 Å². The van der Waals surface area contributed by atoms with Crippen LogP contribution in [0.15, 0.2) is 35.2 Å². The molecule has 0 N–H and O–H groups in total. The highest BCUT2D eigenvalue weighted by Crippen LogP contribution is 2.32. The Hall–Kier alpha value is -0.690. The standard InChI is InChI=1S/C11H12S/c1-8-3-4-10-5-9(2)7-12-11(10)6-8/h3-4,6H,2,5,7H2,1H3. The first-order valence-electron chi connectivity index (χ1n) is 4.15. The second-order valence-electron chi connectivity index (χ2n) is 3.33. The molecule has 2 rings (SSSR count). The molecule has 0 radical (unpaired) electrons. The van der Waals surface area contributed by atoms with E-state index in [9.17, 15) is 0 Å². The van der Waals surface area contributed by atoms with Crippen molar-refractivity contribution in [2.24, 2.45) is 0 Å². The Morgan fingerprint density at radius 2 is 2.25 bits per heavy atom. The van der Waals surface area contributed by atoms with Gasteiger partial charge in [-0.15, -0.1) is 11.8 Å². The van der Waals surface area contributed by atoms with Gasteiger partial charge in [0.2, 0.25) is 0 Å². The quantitative estimate of drug-likeness (QED) is 0.547. The molecule has 0 fully saturated rings. The Morgan fingerprint density at radius 1 is 1.42 bits per heavy atom. The average molecular weight is 176 g/mol. The van der Waals surface area contributed by atoms with Crippen LogP contribution in [0.4, 0.5) is 0 Å². The Balaban J connectivity index is 2.43.